The number of nitrogens with zero attached hydrogens (tertiary/aromatic N) is 2. The standard InChI is InChI=1S/C39H24N2O2/c1-40-28-13-17-37-35(21-28)31-6-2-4-8-36(31)41(37)29-14-16-30-27(18-29)23-42-22-26-11-10-24(19-34(26)30)25-12-15-33-32-7-3-5-9-38(32)43-39(33)20-25/h2-21H,22-23H2. The highest BCUT2D eigenvalue weighted by Crippen LogP contribution is 2.39. The van der Waals surface area contributed by atoms with E-state index in [2.05, 4.69) is 106 Å². The zero-order valence-electron chi connectivity index (χ0n) is 23.2. The monoisotopic (exact) mass is 552 g/mol. The molecule has 0 amide bonds. The van der Waals surface area contributed by atoms with Crippen LogP contribution in [-0.4, -0.2) is 4.57 Å². The van der Waals surface area contributed by atoms with Gasteiger partial charge in [-0.05, 0) is 93.4 Å². The first-order valence-corrected chi connectivity index (χ1v) is 14.4. The largest absolute Gasteiger partial charge is 0.456 e. The number of benzene rings is 6. The third-order valence-electron chi connectivity index (χ3n) is 8.76. The molecule has 4 heteroatoms. The van der Waals surface area contributed by atoms with E-state index in [0.717, 1.165) is 66.1 Å². The summed E-state index contributed by atoms with van der Waals surface area (Å²) < 4.78 is 14.7. The van der Waals surface area contributed by atoms with Gasteiger partial charge in [-0.3, -0.25) is 0 Å². The SMILES string of the molecule is [C-]#[N+]c1ccc2c(c1)c1ccccc1n2-c1ccc2c(c1)COCc1ccc(-c3ccc4c(c3)oc3ccccc34)cc1-2. The Hall–Kier alpha value is -5.63. The molecule has 0 saturated carbocycles. The average Bonchev–Trinajstić information content (AvgIpc) is 3.53. The van der Waals surface area contributed by atoms with E-state index in [0.29, 0.717) is 18.9 Å². The number of ether oxygens (including phenoxy) is 1. The van der Waals surface area contributed by atoms with Crippen LogP contribution in [0.3, 0.4) is 0 Å². The van der Waals surface area contributed by atoms with Gasteiger partial charge >= 0.3 is 0 Å². The van der Waals surface area contributed by atoms with Crippen LogP contribution in [0.2, 0.25) is 0 Å². The molecule has 3 heterocycles. The Morgan fingerprint density at radius 1 is 0.558 bits per heavy atom. The lowest BCUT2D eigenvalue weighted by Gasteiger charge is -2.14. The maximum Gasteiger partial charge on any atom is 0.188 e. The average molecular weight is 553 g/mol. The first-order chi connectivity index (χ1) is 21.2. The number of fused-ring (bicyclic) bond motifs is 9. The molecule has 8 aromatic rings. The van der Waals surface area contributed by atoms with Crippen LogP contribution in [0.5, 0.6) is 0 Å². The van der Waals surface area contributed by atoms with Crippen LogP contribution >= 0.6 is 0 Å². The van der Waals surface area contributed by atoms with Crippen LogP contribution in [0.25, 0.3) is 76.5 Å². The molecule has 0 fully saturated rings. The second-order valence-corrected chi connectivity index (χ2v) is 11.2. The predicted octanol–water partition coefficient (Wildman–Crippen LogP) is 10.6. The van der Waals surface area contributed by atoms with Gasteiger partial charge in [0.15, 0.2) is 5.69 Å². The summed E-state index contributed by atoms with van der Waals surface area (Å²) in [6, 6.07) is 42.4. The Labute approximate surface area is 247 Å². The molecular weight excluding hydrogens is 528 g/mol. The first-order valence-electron chi connectivity index (χ1n) is 14.4. The molecule has 2 aromatic heterocycles. The van der Waals surface area contributed by atoms with Gasteiger partial charge in [-0.15, -0.1) is 0 Å². The second kappa shape index (κ2) is 9.19. The number of aromatic nitrogens is 1. The molecule has 0 saturated heterocycles. The van der Waals surface area contributed by atoms with Crippen molar-refractivity contribution in [3.8, 4) is 27.9 Å². The lowest BCUT2D eigenvalue weighted by molar-refractivity contribution is 0.110. The van der Waals surface area contributed by atoms with Crippen molar-refractivity contribution < 1.29 is 9.15 Å². The normalized spacial score (nSPS) is 12.8. The summed E-state index contributed by atoms with van der Waals surface area (Å²) in [6.07, 6.45) is 0. The number of furan rings is 1. The van der Waals surface area contributed by atoms with Crippen molar-refractivity contribution in [3.63, 3.8) is 0 Å². The van der Waals surface area contributed by atoms with Crippen LogP contribution < -0.4 is 0 Å². The Morgan fingerprint density at radius 3 is 2.26 bits per heavy atom. The fourth-order valence-electron chi connectivity index (χ4n) is 6.72. The minimum absolute atomic E-state index is 0.539. The Morgan fingerprint density at radius 2 is 1.33 bits per heavy atom. The maximum absolute atomic E-state index is 7.51. The molecule has 0 atom stereocenters. The quantitative estimate of drug-likeness (QED) is 0.200. The molecule has 1 aliphatic heterocycles. The van der Waals surface area contributed by atoms with Gasteiger partial charge in [0.25, 0.3) is 0 Å². The minimum atomic E-state index is 0.539. The van der Waals surface area contributed by atoms with Crippen LogP contribution in [0.15, 0.2) is 126 Å². The summed E-state index contributed by atoms with van der Waals surface area (Å²) >= 11 is 0. The Kier molecular flexibility index (Phi) is 5.13. The van der Waals surface area contributed by atoms with Gasteiger partial charge in [0.2, 0.25) is 0 Å². The van der Waals surface area contributed by atoms with E-state index in [1.165, 1.54) is 16.7 Å². The van der Waals surface area contributed by atoms with E-state index in [-0.39, 0.29) is 0 Å². The highest BCUT2D eigenvalue weighted by Gasteiger charge is 2.19. The van der Waals surface area contributed by atoms with E-state index in [1.807, 2.05) is 24.3 Å². The predicted molar refractivity (Wildman–Crippen MR) is 174 cm³/mol. The van der Waals surface area contributed by atoms with Gasteiger partial charge < -0.3 is 13.7 Å². The van der Waals surface area contributed by atoms with Crippen molar-refractivity contribution in [1.82, 2.24) is 4.57 Å². The summed E-state index contributed by atoms with van der Waals surface area (Å²) in [4.78, 5) is 3.67. The van der Waals surface area contributed by atoms with Gasteiger partial charge in [-0.25, -0.2) is 4.85 Å². The Bertz CT molecular complexity index is 2450. The summed E-state index contributed by atoms with van der Waals surface area (Å²) in [5, 5.41) is 4.51. The third kappa shape index (κ3) is 3.66. The number of hydrogen-bond donors (Lipinski definition) is 0. The minimum Gasteiger partial charge on any atom is -0.456 e. The van der Waals surface area contributed by atoms with Gasteiger partial charge in [0, 0.05) is 21.8 Å². The van der Waals surface area contributed by atoms with E-state index in [9.17, 15) is 0 Å². The molecule has 1 aliphatic rings. The fraction of sp³-hybridized carbons (Fsp3) is 0.0513. The number of rotatable bonds is 2. The summed E-state index contributed by atoms with van der Waals surface area (Å²) in [7, 11) is 0. The molecule has 6 aromatic carbocycles. The molecule has 9 rings (SSSR count). The molecule has 4 nitrogen and oxygen atoms in total. The van der Waals surface area contributed by atoms with E-state index in [1.54, 1.807) is 0 Å². The summed E-state index contributed by atoms with van der Waals surface area (Å²) in [5.41, 5.74) is 12.8. The summed E-state index contributed by atoms with van der Waals surface area (Å²) in [6.45, 7) is 8.62. The second-order valence-electron chi connectivity index (χ2n) is 11.2. The molecule has 43 heavy (non-hydrogen) atoms. The van der Waals surface area contributed by atoms with Gasteiger partial charge in [0.1, 0.15) is 11.2 Å². The smallest absolute Gasteiger partial charge is 0.188 e. The van der Waals surface area contributed by atoms with Crippen LogP contribution in [-0.2, 0) is 18.0 Å². The van der Waals surface area contributed by atoms with Crippen LogP contribution in [0.1, 0.15) is 11.1 Å². The van der Waals surface area contributed by atoms with Crippen molar-refractivity contribution in [1.29, 1.82) is 0 Å². The zero-order valence-corrected chi connectivity index (χ0v) is 23.2. The lowest BCUT2D eigenvalue weighted by atomic mass is 9.92. The van der Waals surface area contributed by atoms with E-state index >= 15 is 0 Å². The topological polar surface area (TPSA) is 31.7 Å². The highest BCUT2D eigenvalue weighted by atomic mass is 16.5. The third-order valence-corrected chi connectivity index (χ3v) is 8.76. The van der Waals surface area contributed by atoms with Gasteiger partial charge in [0.05, 0.1) is 30.8 Å². The molecular formula is C39H24N2O2. The molecule has 202 valence electrons. The molecule has 0 unspecified atom stereocenters. The van der Waals surface area contributed by atoms with Crippen molar-refractivity contribution in [2.45, 2.75) is 13.2 Å². The van der Waals surface area contributed by atoms with Crippen molar-refractivity contribution >= 4 is 49.4 Å². The molecule has 0 N–H and O–H groups in total. The van der Waals surface area contributed by atoms with E-state index in [4.69, 9.17) is 15.7 Å². The molecule has 0 spiro atoms. The highest BCUT2D eigenvalue weighted by molar-refractivity contribution is 6.10. The summed E-state index contributed by atoms with van der Waals surface area (Å²) in [5.74, 6) is 0. The zero-order chi connectivity index (χ0) is 28.5. The van der Waals surface area contributed by atoms with Gasteiger partial charge in [-0.1, -0.05) is 66.7 Å². The Balaban J connectivity index is 1.18. The lowest BCUT2D eigenvalue weighted by Crippen LogP contribution is -1.97. The van der Waals surface area contributed by atoms with Crippen molar-refractivity contribution in [2.24, 2.45) is 0 Å². The molecule has 0 aliphatic carbocycles. The maximum atomic E-state index is 7.51. The van der Waals surface area contributed by atoms with Crippen LogP contribution in [0, 0.1) is 6.57 Å². The van der Waals surface area contributed by atoms with Crippen molar-refractivity contribution in [3.05, 3.63) is 144 Å². The van der Waals surface area contributed by atoms with Crippen molar-refractivity contribution in [2.75, 3.05) is 0 Å². The van der Waals surface area contributed by atoms with Crippen LogP contribution in [0.4, 0.5) is 5.69 Å². The number of hydrogen-bond acceptors (Lipinski definition) is 2. The van der Waals surface area contributed by atoms with E-state index < -0.39 is 0 Å². The number of para-hydroxylation sites is 2. The van der Waals surface area contributed by atoms with Gasteiger partial charge in [-0.2, -0.15) is 0 Å². The fourth-order valence-corrected chi connectivity index (χ4v) is 6.72. The first kappa shape index (κ1) is 24.0. The molecule has 0 radical (unpaired) electrons. The molecule has 0 bridgehead atoms.